The smallest absolute Gasteiger partial charge is 1.00 e. The molecule has 83 valence electrons. The molecule has 0 amide bonds. The van der Waals surface area contributed by atoms with Crippen molar-refractivity contribution in [3.63, 3.8) is 0 Å². The summed E-state index contributed by atoms with van der Waals surface area (Å²) in [7, 11) is 0. The van der Waals surface area contributed by atoms with E-state index in [-0.39, 0.29) is 51.0 Å². The van der Waals surface area contributed by atoms with Gasteiger partial charge in [0.25, 0.3) is 0 Å². The summed E-state index contributed by atoms with van der Waals surface area (Å²) in [5.41, 5.74) is 1.54. The first-order valence-corrected chi connectivity index (χ1v) is 5.16. The Kier molecular flexibility index (Phi) is 12.1. The Morgan fingerprint density at radius 3 is 2.00 bits per heavy atom. The molecule has 0 spiro atoms. The fourth-order valence-electron chi connectivity index (χ4n) is 2.27. The van der Waals surface area contributed by atoms with Gasteiger partial charge in [-0.1, -0.05) is 38.5 Å². The van der Waals surface area contributed by atoms with E-state index in [4.69, 9.17) is 0 Å². The van der Waals surface area contributed by atoms with Crippen molar-refractivity contribution < 1.29 is 51.0 Å². The molecule has 0 aliphatic heterocycles. The average Bonchev–Trinajstić information content (AvgIpc) is 2.59. The third kappa shape index (κ3) is 6.20. The van der Waals surface area contributed by atoms with Crippen LogP contribution in [0.2, 0.25) is 0 Å². The summed E-state index contributed by atoms with van der Waals surface area (Å²) in [6.45, 7) is 0. The maximum Gasteiger partial charge on any atom is 3.00 e. The van der Waals surface area contributed by atoms with Gasteiger partial charge in [0.1, 0.15) is 0 Å². The van der Waals surface area contributed by atoms with Crippen LogP contribution in [0.1, 0.15) is 37.7 Å². The van der Waals surface area contributed by atoms with Gasteiger partial charge >= 0.3 is 26.2 Å². The first-order valence-electron chi connectivity index (χ1n) is 5.16. The summed E-state index contributed by atoms with van der Waals surface area (Å²) in [5.74, 6) is 0.987. The quantitative estimate of drug-likeness (QED) is 0.530. The zero-order valence-electron chi connectivity index (χ0n) is 8.89. The Morgan fingerprint density at radius 2 is 1.47 bits per heavy atom. The molecule has 1 saturated carbocycles. The number of halogens is 2. The topological polar surface area (TPSA) is 0 Å². The van der Waals surface area contributed by atoms with E-state index in [0.29, 0.717) is 0 Å². The predicted octanol–water partition coefficient (Wildman–Crippen LogP) is -2.47. The van der Waals surface area contributed by atoms with E-state index in [9.17, 15) is 0 Å². The maximum absolute atomic E-state index is 2.26. The maximum atomic E-state index is 2.26. The van der Waals surface area contributed by atoms with Crippen LogP contribution in [0.3, 0.4) is 0 Å². The van der Waals surface area contributed by atoms with Crippen LogP contribution in [0, 0.1) is 5.92 Å². The van der Waals surface area contributed by atoms with Gasteiger partial charge in [-0.3, -0.25) is 0 Å². The SMILES string of the molecule is [Cl-].[Cl-].[Zr+3].c1cc[c-](CC2CCCCC2)c1. The third-order valence-corrected chi connectivity index (χ3v) is 2.98. The molecule has 0 unspecified atom stereocenters. The second-order valence-corrected chi connectivity index (χ2v) is 4.00. The largest absolute Gasteiger partial charge is 3.00 e. The Bertz CT molecular complexity index is 216. The molecule has 1 fully saturated rings. The summed E-state index contributed by atoms with van der Waals surface area (Å²) >= 11 is 0. The first-order chi connectivity index (χ1) is 5.95. The summed E-state index contributed by atoms with van der Waals surface area (Å²) in [5, 5.41) is 0. The summed E-state index contributed by atoms with van der Waals surface area (Å²) in [4.78, 5) is 0. The molecule has 1 radical (unpaired) electrons. The van der Waals surface area contributed by atoms with Crippen molar-refractivity contribution in [3.8, 4) is 0 Å². The van der Waals surface area contributed by atoms with Gasteiger partial charge in [0.2, 0.25) is 0 Å². The monoisotopic (exact) mass is 321 g/mol. The Hall–Kier alpha value is 0.813. The fraction of sp³-hybridized carbons (Fsp3) is 0.583. The second-order valence-electron chi connectivity index (χ2n) is 4.00. The zero-order valence-corrected chi connectivity index (χ0v) is 12.9. The van der Waals surface area contributed by atoms with Crippen LogP contribution in [0.15, 0.2) is 24.3 Å². The molecule has 0 heterocycles. The van der Waals surface area contributed by atoms with E-state index in [1.54, 1.807) is 5.56 Å². The van der Waals surface area contributed by atoms with Crippen molar-refractivity contribution in [3.05, 3.63) is 29.8 Å². The van der Waals surface area contributed by atoms with Gasteiger partial charge in [-0.15, -0.1) is 0 Å². The Labute approximate surface area is 125 Å². The minimum Gasteiger partial charge on any atom is -1.00 e. The first kappa shape index (κ1) is 18.2. The van der Waals surface area contributed by atoms with E-state index >= 15 is 0 Å². The molecule has 0 aromatic heterocycles. The number of hydrogen-bond acceptors (Lipinski definition) is 0. The van der Waals surface area contributed by atoms with Crippen molar-refractivity contribution in [2.24, 2.45) is 5.92 Å². The summed E-state index contributed by atoms with van der Waals surface area (Å²) < 4.78 is 0. The van der Waals surface area contributed by atoms with Crippen LogP contribution in [-0.4, -0.2) is 0 Å². The summed E-state index contributed by atoms with van der Waals surface area (Å²) in [6.07, 6.45) is 8.65. The van der Waals surface area contributed by atoms with Crippen LogP contribution in [0.5, 0.6) is 0 Å². The van der Waals surface area contributed by atoms with E-state index in [1.165, 1.54) is 38.5 Å². The Morgan fingerprint density at radius 1 is 0.933 bits per heavy atom. The summed E-state index contributed by atoms with van der Waals surface area (Å²) in [6, 6.07) is 8.82. The van der Waals surface area contributed by atoms with Crippen LogP contribution >= 0.6 is 0 Å². The molecule has 0 atom stereocenters. The van der Waals surface area contributed by atoms with Crippen LogP contribution < -0.4 is 24.8 Å². The minimum absolute atomic E-state index is 0. The normalized spacial score (nSPS) is 15.7. The van der Waals surface area contributed by atoms with Crippen molar-refractivity contribution in [1.29, 1.82) is 0 Å². The fourth-order valence-corrected chi connectivity index (χ4v) is 2.27. The third-order valence-electron chi connectivity index (χ3n) is 2.98. The molecule has 15 heavy (non-hydrogen) atoms. The van der Waals surface area contributed by atoms with Gasteiger partial charge < -0.3 is 24.8 Å². The molecule has 0 saturated heterocycles. The van der Waals surface area contributed by atoms with Crippen LogP contribution in [0.25, 0.3) is 0 Å². The molecule has 0 nitrogen and oxygen atoms in total. The molecule has 1 aromatic carbocycles. The van der Waals surface area contributed by atoms with Gasteiger partial charge in [0, 0.05) is 0 Å². The average molecular weight is 323 g/mol. The molecular formula is C12H17Cl2Zr. The molecule has 0 N–H and O–H groups in total. The van der Waals surface area contributed by atoms with Gasteiger partial charge in [-0.05, 0) is 5.92 Å². The van der Waals surface area contributed by atoms with Crippen molar-refractivity contribution in [2.45, 2.75) is 38.5 Å². The van der Waals surface area contributed by atoms with E-state index in [0.717, 1.165) is 5.92 Å². The molecule has 1 aliphatic carbocycles. The van der Waals surface area contributed by atoms with Crippen molar-refractivity contribution >= 4 is 0 Å². The van der Waals surface area contributed by atoms with Crippen molar-refractivity contribution in [1.82, 2.24) is 0 Å². The van der Waals surface area contributed by atoms with Gasteiger partial charge in [-0.25, -0.2) is 12.1 Å². The molecule has 0 bridgehead atoms. The second kappa shape index (κ2) is 10.00. The van der Waals surface area contributed by atoms with E-state index in [2.05, 4.69) is 24.3 Å². The van der Waals surface area contributed by atoms with Gasteiger partial charge in [-0.2, -0.15) is 17.7 Å². The predicted molar refractivity (Wildman–Crippen MR) is 52.3 cm³/mol. The van der Waals surface area contributed by atoms with Crippen LogP contribution in [-0.2, 0) is 32.6 Å². The van der Waals surface area contributed by atoms with Crippen LogP contribution in [0.4, 0.5) is 0 Å². The minimum atomic E-state index is 0. The van der Waals surface area contributed by atoms with E-state index in [1.807, 2.05) is 0 Å². The standard InChI is InChI=1S/C12H17.2ClH.Zr/c1-2-6-11(7-3-1)10-12-8-4-5-9-12;;;/h4-5,8-9,11H,1-3,6-7,10H2;2*1H;/q-1;;;+3/p-2. The number of rotatable bonds is 2. The van der Waals surface area contributed by atoms with E-state index < -0.39 is 0 Å². The molecule has 1 aliphatic rings. The number of hydrogen-bond donors (Lipinski definition) is 0. The van der Waals surface area contributed by atoms with Crippen molar-refractivity contribution in [2.75, 3.05) is 0 Å². The van der Waals surface area contributed by atoms with Gasteiger partial charge in [0.15, 0.2) is 0 Å². The molecule has 1 aromatic rings. The molecular weight excluding hydrogens is 306 g/mol. The van der Waals surface area contributed by atoms with Gasteiger partial charge in [0.05, 0.1) is 0 Å². The molecule has 2 rings (SSSR count). The molecule has 3 heteroatoms. The zero-order chi connectivity index (χ0) is 8.23. The Balaban J connectivity index is 0.